The summed E-state index contributed by atoms with van der Waals surface area (Å²) in [5, 5.41) is 11.7. The van der Waals surface area contributed by atoms with Gasteiger partial charge in [0.1, 0.15) is 0 Å². The lowest BCUT2D eigenvalue weighted by Gasteiger charge is -2.32. The monoisotopic (exact) mass is 318 g/mol. The van der Waals surface area contributed by atoms with Crippen LogP contribution in [0.1, 0.15) is 42.5 Å². The SMILES string of the molecule is O=C(O)CCCCN1CCCC(CNC(=O)c2ccccc2)C1. The lowest BCUT2D eigenvalue weighted by Crippen LogP contribution is -2.41. The summed E-state index contributed by atoms with van der Waals surface area (Å²) in [6.07, 6.45) is 4.20. The number of piperidine rings is 1. The number of likely N-dealkylation sites (tertiary alicyclic amines) is 1. The van der Waals surface area contributed by atoms with Gasteiger partial charge in [-0.25, -0.2) is 0 Å². The van der Waals surface area contributed by atoms with Crippen molar-refractivity contribution in [2.45, 2.75) is 32.1 Å². The Morgan fingerprint density at radius 2 is 2.00 bits per heavy atom. The van der Waals surface area contributed by atoms with E-state index in [2.05, 4.69) is 10.2 Å². The minimum Gasteiger partial charge on any atom is -0.481 e. The molecule has 1 unspecified atom stereocenters. The number of aliphatic carboxylic acids is 1. The normalized spacial score (nSPS) is 18.5. The number of nitrogens with one attached hydrogen (secondary N) is 1. The molecule has 0 spiro atoms. The predicted octanol–water partition coefficient (Wildman–Crippen LogP) is 2.38. The Bertz CT molecular complexity index is 504. The highest BCUT2D eigenvalue weighted by Gasteiger charge is 2.20. The number of unbranched alkanes of at least 4 members (excludes halogenated alkanes) is 1. The third kappa shape index (κ3) is 6.40. The van der Waals surface area contributed by atoms with Gasteiger partial charge in [0.2, 0.25) is 0 Å². The number of carbonyl (C=O) groups excluding carboxylic acids is 1. The number of rotatable bonds is 8. The third-order valence-corrected chi connectivity index (χ3v) is 4.31. The number of carbonyl (C=O) groups is 2. The van der Waals surface area contributed by atoms with Crippen LogP contribution in [0, 0.1) is 5.92 Å². The van der Waals surface area contributed by atoms with E-state index in [1.165, 1.54) is 0 Å². The summed E-state index contributed by atoms with van der Waals surface area (Å²) < 4.78 is 0. The number of nitrogens with zero attached hydrogens (tertiary/aromatic N) is 1. The van der Waals surface area contributed by atoms with E-state index < -0.39 is 5.97 Å². The van der Waals surface area contributed by atoms with Crippen molar-refractivity contribution in [3.05, 3.63) is 35.9 Å². The molecule has 1 atom stereocenters. The summed E-state index contributed by atoms with van der Waals surface area (Å²) >= 11 is 0. The number of hydrogen-bond acceptors (Lipinski definition) is 3. The van der Waals surface area contributed by atoms with E-state index in [0.29, 0.717) is 18.0 Å². The summed E-state index contributed by atoms with van der Waals surface area (Å²) in [5.41, 5.74) is 0.703. The first-order valence-electron chi connectivity index (χ1n) is 8.42. The Labute approximate surface area is 137 Å². The zero-order valence-corrected chi connectivity index (χ0v) is 13.5. The van der Waals surface area contributed by atoms with E-state index in [0.717, 1.165) is 45.3 Å². The summed E-state index contributed by atoms with van der Waals surface area (Å²) in [5.74, 6) is -0.245. The average Bonchev–Trinajstić information content (AvgIpc) is 2.57. The molecule has 5 nitrogen and oxygen atoms in total. The highest BCUT2D eigenvalue weighted by atomic mass is 16.4. The standard InChI is InChI=1S/C18H26N2O3/c21-17(22)10-4-5-11-20-12-6-7-15(14-20)13-19-18(23)16-8-2-1-3-9-16/h1-3,8-9,15H,4-7,10-14H2,(H,19,23)(H,21,22). The van der Waals surface area contributed by atoms with Crippen LogP contribution in [0.5, 0.6) is 0 Å². The van der Waals surface area contributed by atoms with E-state index in [9.17, 15) is 9.59 Å². The number of amides is 1. The van der Waals surface area contributed by atoms with Crippen molar-refractivity contribution in [1.29, 1.82) is 0 Å². The number of carboxylic acids is 1. The zero-order valence-electron chi connectivity index (χ0n) is 13.5. The lowest BCUT2D eigenvalue weighted by atomic mass is 9.97. The quantitative estimate of drug-likeness (QED) is 0.722. The van der Waals surface area contributed by atoms with Crippen molar-refractivity contribution in [2.24, 2.45) is 5.92 Å². The van der Waals surface area contributed by atoms with Crippen LogP contribution in [-0.4, -0.2) is 48.1 Å². The summed E-state index contributed by atoms with van der Waals surface area (Å²) in [7, 11) is 0. The Kier molecular flexibility index (Phi) is 7.07. The van der Waals surface area contributed by atoms with Gasteiger partial charge < -0.3 is 15.3 Å². The van der Waals surface area contributed by atoms with Crippen LogP contribution in [0.2, 0.25) is 0 Å². The van der Waals surface area contributed by atoms with E-state index in [4.69, 9.17) is 5.11 Å². The first kappa shape index (κ1) is 17.5. The molecule has 2 N–H and O–H groups in total. The van der Waals surface area contributed by atoms with Gasteiger partial charge in [-0.1, -0.05) is 18.2 Å². The van der Waals surface area contributed by atoms with E-state index in [1.54, 1.807) is 0 Å². The van der Waals surface area contributed by atoms with Gasteiger partial charge in [-0.15, -0.1) is 0 Å². The van der Waals surface area contributed by atoms with Crippen LogP contribution < -0.4 is 5.32 Å². The molecule has 1 aliphatic rings. The Morgan fingerprint density at radius 3 is 2.74 bits per heavy atom. The van der Waals surface area contributed by atoms with Gasteiger partial charge in [0.15, 0.2) is 0 Å². The molecule has 1 amide bonds. The largest absolute Gasteiger partial charge is 0.481 e. The fraction of sp³-hybridized carbons (Fsp3) is 0.556. The van der Waals surface area contributed by atoms with Gasteiger partial charge in [0.25, 0.3) is 5.91 Å². The second-order valence-electron chi connectivity index (χ2n) is 6.24. The van der Waals surface area contributed by atoms with Crippen LogP contribution in [0.4, 0.5) is 0 Å². The maximum absolute atomic E-state index is 12.1. The van der Waals surface area contributed by atoms with Crippen molar-refractivity contribution < 1.29 is 14.7 Å². The van der Waals surface area contributed by atoms with Gasteiger partial charge >= 0.3 is 5.97 Å². The fourth-order valence-electron chi connectivity index (χ4n) is 3.06. The molecule has 1 aromatic rings. The smallest absolute Gasteiger partial charge is 0.303 e. The van der Waals surface area contributed by atoms with E-state index in [-0.39, 0.29) is 12.3 Å². The molecule has 0 saturated carbocycles. The molecular weight excluding hydrogens is 292 g/mol. The van der Waals surface area contributed by atoms with Gasteiger partial charge in [-0.3, -0.25) is 9.59 Å². The number of hydrogen-bond donors (Lipinski definition) is 2. The van der Waals surface area contributed by atoms with E-state index in [1.807, 2.05) is 30.3 Å². The molecule has 0 aromatic heterocycles. The highest BCUT2D eigenvalue weighted by molar-refractivity contribution is 5.94. The van der Waals surface area contributed by atoms with Gasteiger partial charge in [0, 0.05) is 25.1 Å². The molecule has 1 saturated heterocycles. The second-order valence-corrected chi connectivity index (χ2v) is 6.24. The first-order chi connectivity index (χ1) is 11.1. The Balaban J connectivity index is 1.67. The van der Waals surface area contributed by atoms with Crippen LogP contribution in [0.3, 0.4) is 0 Å². The van der Waals surface area contributed by atoms with Crippen molar-refractivity contribution in [3.63, 3.8) is 0 Å². The van der Waals surface area contributed by atoms with Crippen LogP contribution in [0.15, 0.2) is 30.3 Å². The maximum Gasteiger partial charge on any atom is 0.303 e. The number of carboxylic acid groups (broad SMARTS) is 1. The molecule has 1 fully saturated rings. The topological polar surface area (TPSA) is 69.6 Å². The molecule has 1 aliphatic heterocycles. The molecule has 0 bridgehead atoms. The molecule has 23 heavy (non-hydrogen) atoms. The average molecular weight is 318 g/mol. The molecule has 1 heterocycles. The first-order valence-corrected chi connectivity index (χ1v) is 8.42. The predicted molar refractivity (Wildman–Crippen MR) is 89.4 cm³/mol. The fourth-order valence-corrected chi connectivity index (χ4v) is 3.06. The molecule has 2 rings (SSSR count). The van der Waals surface area contributed by atoms with Crippen molar-refractivity contribution in [2.75, 3.05) is 26.2 Å². The van der Waals surface area contributed by atoms with Gasteiger partial charge in [-0.2, -0.15) is 0 Å². The molecule has 1 aromatic carbocycles. The molecule has 126 valence electrons. The van der Waals surface area contributed by atoms with Crippen LogP contribution in [0.25, 0.3) is 0 Å². The van der Waals surface area contributed by atoms with Crippen LogP contribution in [-0.2, 0) is 4.79 Å². The third-order valence-electron chi connectivity index (χ3n) is 4.31. The van der Waals surface area contributed by atoms with Crippen LogP contribution >= 0.6 is 0 Å². The Hall–Kier alpha value is -1.88. The molecule has 0 aliphatic carbocycles. The molecule has 5 heteroatoms. The Morgan fingerprint density at radius 1 is 1.22 bits per heavy atom. The minimum absolute atomic E-state index is 0.0100. The van der Waals surface area contributed by atoms with Gasteiger partial charge in [-0.05, 0) is 56.8 Å². The van der Waals surface area contributed by atoms with E-state index >= 15 is 0 Å². The molecular formula is C18H26N2O3. The maximum atomic E-state index is 12.1. The van der Waals surface area contributed by atoms with Crippen molar-refractivity contribution in [3.8, 4) is 0 Å². The molecule has 0 radical (unpaired) electrons. The lowest BCUT2D eigenvalue weighted by molar-refractivity contribution is -0.137. The highest BCUT2D eigenvalue weighted by Crippen LogP contribution is 2.16. The zero-order chi connectivity index (χ0) is 16.5. The summed E-state index contributed by atoms with van der Waals surface area (Å²) in [6.45, 7) is 3.73. The number of benzene rings is 1. The minimum atomic E-state index is -0.717. The second kappa shape index (κ2) is 9.30. The summed E-state index contributed by atoms with van der Waals surface area (Å²) in [6, 6.07) is 9.29. The van der Waals surface area contributed by atoms with Crippen molar-refractivity contribution in [1.82, 2.24) is 10.2 Å². The van der Waals surface area contributed by atoms with Gasteiger partial charge in [0.05, 0.1) is 0 Å². The summed E-state index contributed by atoms with van der Waals surface area (Å²) in [4.78, 5) is 25.0. The van der Waals surface area contributed by atoms with Crippen molar-refractivity contribution >= 4 is 11.9 Å².